The molecule has 3 nitrogen and oxygen atoms in total. The Bertz CT molecular complexity index is 1230. The van der Waals surface area contributed by atoms with E-state index < -0.39 is 51.7 Å². The van der Waals surface area contributed by atoms with Crippen LogP contribution in [0, 0.1) is 11.6 Å². The fourth-order valence-electron chi connectivity index (χ4n) is 2.94. The maximum atomic E-state index is 14.8. The van der Waals surface area contributed by atoms with E-state index in [-0.39, 0.29) is 4.88 Å². The van der Waals surface area contributed by atoms with E-state index in [9.17, 15) is 35.1 Å². The van der Waals surface area contributed by atoms with Crippen LogP contribution in [0.5, 0.6) is 0 Å². The van der Waals surface area contributed by atoms with Gasteiger partial charge in [0.2, 0.25) is 0 Å². The summed E-state index contributed by atoms with van der Waals surface area (Å²) in [6.07, 6.45) is -11.3. The van der Waals surface area contributed by atoms with E-state index in [2.05, 4.69) is 15.4 Å². The van der Waals surface area contributed by atoms with Crippen molar-refractivity contribution >= 4 is 32.3 Å². The van der Waals surface area contributed by atoms with Crippen LogP contribution in [0.4, 0.5) is 35.1 Å². The fourth-order valence-corrected chi connectivity index (χ4v) is 3.99. The standard InChI is InChI=1S/C17H5F8N3S/c18-12-9-14(8-5-6-3-1-2-4-7(6)29-8)26-28-27-15(9)11(17(23,24)25)13(19)10(12)16(20,21)22/h1-5H. The largest absolute Gasteiger partial charge is 0.422 e. The number of halogens is 8. The number of nitrogens with zero attached hydrogens (tertiary/aromatic N) is 3. The number of benzene rings is 2. The van der Waals surface area contributed by atoms with Crippen molar-refractivity contribution in [1.82, 2.24) is 15.4 Å². The highest BCUT2D eigenvalue weighted by molar-refractivity contribution is 7.22. The molecule has 0 bridgehead atoms. The molecule has 12 heteroatoms. The Kier molecular flexibility index (Phi) is 4.22. The molecule has 0 aliphatic rings. The molecule has 2 aromatic carbocycles. The molecule has 2 heterocycles. The minimum atomic E-state index is -5.72. The first-order valence-electron chi connectivity index (χ1n) is 7.67. The van der Waals surface area contributed by atoms with Crippen molar-refractivity contribution in [3.63, 3.8) is 0 Å². The predicted octanol–water partition coefficient (Wildman–Crippen LogP) is 6.22. The third-order valence-corrected chi connectivity index (χ3v) is 5.23. The van der Waals surface area contributed by atoms with Crippen LogP contribution in [0.2, 0.25) is 0 Å². The quantitative estimate of drug-likeness (QED) is 0.333. The van der Waals surface area contributed by atoms with Gasteiger partial charge in [0.05, 0.1) is 10.3 Å². The lowest BCUT2D eigenvalue weighted by atomic mass is 10.0. The molecule has 0 spiro atoms. The lowest BCUT2D eigenvalue weighted by Gasteiger charge is -2.17. The highest BCUT2D eigenvalue weighted by Crippen LogP contribution is 2.46. The first kappa shape index (κ1) is 19.4. The van der Waals surface area contributed by atoms with Crippen LogP contribution in [0.1, 0.15) is 11.1 Å². The molecule has 0 atom stereocenters. The van der Waals surface area contributed by atoms with Crippen LogP contribution in [-0.4, -0.2) is 15.4 Å². The summed E-state index contributed by atoms with van der Waals surface area (Å²) >= 11 is 0.952. The molecular formula is C17H5F8N3S. The molecule has 0 saturated carbocycles. The Hall–Kier alpha value is -2.89. The van der Waals surface area contributed by atoms with Gasteiger partial charge in [0.1, 0.15) is 28.2 Å². The fraction of sp³-hybridized carbons (Fsp3) is 0.118. The number of thiophene rings is 1. The molecule has 0 saturated heterocycles. The summed E-state index contributed by atoms with van der Waals surface area (Å²) in [6, 6.07) is 8.03. The van der Waals surface area contributed by atoms with Crippen molar-refractivity contribution in [1.29, 1.82) is 0 Å². The molecule has 29 heavy (non-hydrogen) atoms. The maximum Gasteiger partial charge on any atom is 0.422 e. The zero-order valence-corrected chi connectivity index (χ0v) is 14.5. The van der Waals surface area contributed by atoms with Crippen molar-refractivity contribution < 1.29 is 35.1 Å². The van der Waals surface area contributed by atoms with E-state index in [4.69, 9.17) is 0 Å². The summed E-state index contributed by atoms with van der Waals surface area (Å²) in [5, 5.41) is 8.97. The zero-order chi connectivity index (χ0) is 21.1. The first-order chi connectivity index (χ1) is 13.5. The smallest absolute Gasteiger partial charge is 0.205 e. The summed E-state index contributed by atoms with van der Waals surface area (Å²) in [4.78, 5) is 0.0536. The van der Waals surface area contributed by atoms with Crippen LogP contribution in [-0.2, 0) is 12.4 Å². The van der Waals surface area contributed by atoms with Gasteiger partial charge in [-0.15, -0.1) is 21.5 Å². The van der Waals surface area contributed by atoms with Crippen LogP contribution in [0.3, 0.4) is 0 Å². The second-order valence-corrected chi connectivity index (χ2v) is 6.97. The first-order valence-corrected chi connectivity index (χ1v) is 8.49. The summed E-state index contributed by atoms with van der Waals surface area (Å²) in [6.45, 7) is 0. The van der Waals surface area contributed by atoms with E-state index in [1.807, 2.05) is 0 Å². The topological polar surface area (TPSA) is 38.7 Å². The summed E-state index contributed by atoms with van der Waals surface area (Å²) in [5.74, 6) is -5.02. The molecule has 0 aliphatic carbocycles. The molecule has 0 amide bonds. The summed E-state index contributed by atoms with van der Waals surface area (Å²) in [7, 11) is 0. The highest BCUT2D eigenvalue weighted by Gasteiger charge is 2.47. The van der Waals surface area contributed by atoms with Gasteiger partial charge in [-0.25, -0.2) is 8.78 Å². The van der Waals surface area contributed by atoms with Crippen molar-refractivity contribution in [2.75, 3.05) is 0 Å². The average molecular weight is 435 g/mol. The number of alkyl halides is 6. The van der Waals surface area contributed by atoms with Gasteiger partial charge in [0.25, 0.3) is 0 Å². The third-order valence-electron chi connectivity index (χ3n) is 4.10. The van der Waals surface area contributed by atoms with Gasteiger partial charge < -0.3 is 0 Å². The minimum Gasteiger partial charge on any atom is -0.205 e. The Morgan fingerprint density at radius 3 is 2.07 bits per heavy atom. The Morgan fingerprint density at radius 1 is 0.793 bits per heavy atom. The van der Waals surface area contributed by atoms with Gasteiger partial charge >= 0.3 is 12.4 Å². The monoisotopic (exact) mass is 435 g/mol. The van der Waals surface area contributed by atoms with E-state index in [0.717, 1.165) is 11.3 Å². The number of hydrogen-bond donors (Lipinski definition) is 0. The van der Waals surface area contributed by atoms with E-state index in [1.54, 1.807) is 24.3 Å². The molecule has 0 unspecified atom stereocenters. The van der Waals surface area contributed by atoms with Crippen molar-refractivity contribution in [2.24, 2.45) is 0 Å². The average Bonchev–Trinajstić information content (AvgIpc) is 3.02. The Morgan fingerprint density at radius 2 is 1.45 bits per heavy atom. The Balaban J connectivity index is 2.18. The molecule has 2 aromatic heterocycles. The second-order valence-electron chi connectivity index (χ2n) is 5.88. The molecule has 150 valence electrons. The number of fused-ring (bicyclic) bond motifs is 2. The SMILES string of the molecule is Fc1c(C(F)(F)F)c(F)c2c(-c3cc4ccccc4s3)nnnc2c1C(F)(F)F. The number of aromatic nitrogens is 3. The van der Waals surface area contributed by atoms with Crippen LogP contribution >= 0.6 is 11.3 Å². The number of rotatable bonds is 1. The van der Waals surface area contributed by atoms with Crippen molar-refractivity contribution in [2.45, 2.75) is 12.4 Å². The van der Waals surface area contributed by atoms with Crippen LogP contribution < -0.4 is 0 Å². The second kappa shape index (κ2) is 6.31. The molecule has 0 aliphatic heterocycles. The van der Waals surface area contributed by atoms with Gasteiger partial charge in [-0.05, 0) is 22.7 Å². The lowest BCUT2D eigenvalue weighted by molar-refractivity contribution is -0.148. The molecular weight excluding hydrogens is 430 g/mol. The molecule has 0 N–H and O–H groups in total. The van der Waals surface area contributed by atoms with Gasteiger partial charge in [-0.1, -0.05) is 18.2 Å². The summed E-state index contributed by atoms with van der Waals surface area (Å²) < 4.78 is 109. The van der Waals surface area contributed by atoms with E-state index >= 15 is 0 Å². The highest BCUT2D eigenvalue weighted by atomic mass is 32.1. The lowest BCUT2D eigenvalue weighted by Crippen LogP contribution is -2.20. The molecule has 4 aromatic rings. The van der Waals surface area contributed by atoms with Crippen LogP contribution in [0.15, 0.2) is 30.3 Å². The normalized spacial score (nSPS) is 12.8. The zero-order valence-electron chi connectivity index (χ0n) is 13.7. The van der Waals surface area contributed by atoms with Crippen molar-refractivity contribution in [3.8, 4) is 10.6 Å². The van der Waals surface area contributed by atoms with Gasteiger partial charge in [-0.2, -0.15) is 26.3 Å². The minimum absolute atomic E-state index is 0.0536. The molecule has 0 fully saturated rings. The Labute approximate surface area is 159 Å². The van der Waals surface area contributed by atoms with E-state index in [1.165, 1.54) is 6.07 Å². The predicted molar refractivity (Wildman–Crippen MR) is 88.1 cm³/mol. The van der Waals surface area contributed by atoms with Gasteiger partial charge in [0.15, 0.2) is 5.82 Å². The molecule has 4 rings (SSSR count). The van der Waals surface area contributed by atoms with Crippen LogP contribution in [0.25, 0.3) is 31.6 Å². The third kappa shape index (κ3) is 3.07. The maximum absolute atomic E-state index is 14.8. The number of hydrogen-bond acceptors (Lipinski definition) is 4. The van der Waals surface area contributed by atoms with Gasteiger partial charge in [0, 0.05) is 4.70 Å². The summed E-state index contributed by atoms with van der Waals surface area (Å²) in [5.41, 5.74) is -6.99. The van der Waals surface area contributed by atoms with E-state index in [0.29, 0.717) is 10.1 Å². The van der Waals surface area contributed by atoms with Crippen molar-refractivity contribution in [3.05, 3.63) is 53.1 Å². The van der Waals surface area contributed by atoms with Gasteiger partial charge in [-0.3, -0.25) is 0 Å². The molecule has 0 radical (unpaired) electrons.